The Hall–Kier alpha value is -1.31. The van der Waals surface area contributed by atoms with Crippen molar-refractivity contribution in [3.63, 3.8) is 0 Å². The van der Waals surface area contributed by atoms with Crippen LogP contribution >= 0.6 is 23.2 Å². The Balaban J connectivity index is 2.32. The Kier molecular flexibility index (Phi) is 4.28. The summed E-state index contributed by atoms with van der Waals surface area (Å²) >= 11 is 11.9. The van der Waals surface area contributed by atoms with Gasteiger partial charge in [-0.1, -0.05) is 47.5 Å². The molecule has 0 spiro atoms. The van der Waals surface area contributed by atoms with E-state index in [2.05, 4.69) is 0 Å². The van der Waals surface area contributed by atoms with Gasteiger partial charge in [0.1, 0.15) is 6.29 Å². The molecule has 2 aromatic carbocycles. The molecule has 0 N–H and O–H groups in total. The molecule has 2 aromatic rings. The third-order valence-electron chi connectivity index (χ3n) is 3.23. The van der Waals surface area contributed by atoms with E-state index in [4.69, 9.17) is 23.2 Å². The average molecular weight is 293 g/mol. The van der Waals surface area contributed by atoms with Crippen LogP contribution in [0.1, 0.15) is 18.1 Å². The van der Waals surface area contributed by atoms with Gasteiger partial charge in [-0.05, 0) is 48.7 Å². The van der Waals surface area contributed by atoms with Crippen LogP contribution in [-0.2, 0) is 16.6 Å². The van der Waals surface area contributed by atoms with Gasteiger partial charge >= 0.3 is 0 Å². The van der Waals surface area contributed by atoms with Crippen molar-refractivity contribution in [1.82, 2.24) is 0 Å². The van der Waals surface area contributed by atoms with E-state index >= 15 is 0 Å². The molecular weight excluding hydrogens is 279 g/mol. The zero-order chi connectivity index (χ0) is 13.9. The number of carbonyl (C=O) groups excluding carboxylic acids is 1. The molecule has 0 saturated carbocycles. The highest BCUT2D eigenvalue weighted by atomic mass is 35.5. The molecule has 98 valence electrons. The predicted octanol–water partition coefficient (Wildman–Crippen LogP) is 4.69. The number of benzene rings is 2. The van der Waals surface area contributed by atoms with E-state index in [1.807, 2.05) is 49.4 Å². The lowest BCUT2D eigenvalue weighted by molar-refractivity contribution is -0.112. The summed E-state index contributed by atoms with van der Waals surface area (Å²) in [5.74, 6) is 0. The highest BCUT2D eigenvalue weighted by molar-refractivity contribution is 6.30. The first-order chi connectivity index (χ1) is 9.03. The summed E-state index contributed by atoms with van der Waals surface area (Å²) < 4.78 is 0. The average Bonchev–Trinajstić information content (AvgIpc) is 2.41. The summed E-state index contributed by atoms with van der Waals surface area (Å²) in [5.41, 5.74) is 1.41. The van der Waals surface area contributed by atoms with Crippen LogP contribution in [0.5, 0.6) is 0 Å². The molecule has 3 heteroatoms. The fourth-order valence-electron chi connectivity index (χ4n) is 2.08. The van der Waals surface area contributed by atoms with Crippen molar-refractivity contribution >= 4 is 29.5 Å². The quantitative estimate of drug-likeness (QED) is 0.747. The predicted molar refractivity (Wildman–Crippen MR) is 80.0 cm³/mol. The third kappa shape index (κ3) is 3.37. The zero-order valence-electron chi connectivity index (χ0n) is 10.6. The lowest BCUT2D eigenvalue weighted by Crippen LogP contribution is -2.26. The topological polar surface area (TPSA) is 17.1 Å². The van der Waals surface area contributed by atoms with Gasteiger partial charge < -0.3 is 4.79 Å². The number of rotatable bonds is 4. The second kappa shape index (κ2) is 5.77. The van der Waals surface area contributed by atoms with Gasteiger partial charge in [-0.25, -0.2) is 0 Å². The summed E-state index contributed by atoms with van der Waals surface area (Å²) in [6.45, 7) is 1.92. The van der Waals surface area contributed by atoms with Gasteiger partial charge in [0, 0.05) is 10.0 Å². The molecule has 0 radical (unpaired) electrons. The minimum Gasteiger partial charge on any atom is -0.302 e. The van der Waals surface area contributed by atoms with Gasteiger partial charge in [0.05, 0.1) is 5.41 Å². The summed E-state index contributed by atoms with van der Waals surface area (Å²) in [6.07, 6.45) is 1.60. The molecule has 0 aromatic heterocycles. The van der Waals surface area contributed by atoms with Crippen LogP contribution in [0.3, 0.4) is 0 Å². The third-order valence-corrected chi connectivity index (χ3v) is 3.72. The molecule has 2 rings (SSSR count). The van der Waals surface area contributed by atoms with Gasteiger partial charge in [-0.2, -0.15) is 0 Å². The van der Waals surface area contributed by atoms with E-state index in [0.717, 1.165) is 17.4 Å². The van der Waals surface area contributed by atoms with Crippen molar-refractivity contribution in [3.05, 3.63) is 69.7 Å². The smallest absolute Gasteiger partial charge is 0.130 e. The van der Waals surface area contributed by atoms with Crippen LogP contribution in [0.15, 0.2) is 48.5 Å². The molecule has 0 saturated heterocycles. The summed E-state index contributed by atoms with van der Waals surface area (Å²) in [5, 5.41) is 1.33. The molecule has 0 aliphatic heterocycles. The Morgan fingerprint density at radius 2 is 1.74 bits per heavy atom. The monoisotopic (exact) mass is 292 g/mol. The maximum Gasteiger partial charge on any atom is 0.130 e. The van der Waals surface area contributed by atoms with Crippen molar-refractivity contribution in [3.8, 4) is 0 Å². The van der Waals surface area contributed by atoms with E-state index in [0.29, 0.717) is 16.5 Å². The van der Waals surface area contributed by atoms with Gasteiger partial charge in [-0.15, -0.1) is 0 Å². The Morgan fingerprint density at radius 1 is 1.05 bits per heavy atom. The number of halogens is 2. The minimum absolute atomic E-state index is 0.585. The summed E-state index contributed by atoms with van der Waals surface area (Å²) in [6, 6.07) is 15.0. The molecule has 1 unspecified atom stereocenters. The SMILES string of the molecule is CC(C=O)(Cc1ccc(Cl)cc1)c1cccc(Cl)c1. The molecule has 0 heterocycles. The highest BCUT2D eigenvalue weighted by Crippen LogP contribution is 2.28. The van der Waals surface area contributed by atoms with Crippen molar-refractivity contribution in [1.29, 1.82) is 0 Å². The van der Waals surface area contributed by atoms with E-state index in [1.165, 1.54) is 0 Å². The van der Waals surface area contributed by atoms with Crippen molar-refractivity contribution in [2.24, 2.45) is 0 Å². The Bertz CT molecular complexity index is 578. The van der Waals surface area contributed by atoms with Crippen LogP contribution in [0.2, 0.25) is 10.0 Å². The molecule has 0 aliphatic carbocycles. The lowest BCUT2D eigenvalue weighted by Gasteiger charge is -2.24. The summed E-state index contributed by atoms with van der Waals surface area (Å²) in [4.78, 5) is 11.5. The number of hydrogen-bond donors (Lipinski definition) is 0. The van der Waals surface area contributed by atoms with E-state index in [9.17, 15) is 4.79 Å². The summed E-state index contributed by atoms with van der Waals surface area (Å²) in [7, 11) is 0. The largest absolute Gasteiger partial charge is 0.302 e. The van der Waals surface area contributed by atoms with Gasteiger partial charge in [0.15, 0.2) is 0 Å². The second-order valence-electron chi connectivity index (χ2n) is 4.85. The van der Waals surface area contributed by atoms with Gasteiger partial charge in [0.25, 0.3) is 0 Å². The van der Waals surface area contributed by atoms with E-state index in [1.54, 1.807) is 6.07 Å². The molecule has 0 bridgehead atoms. The zero-order valence-corrected chi connectivity index (χ0v) is 12.1. The molecule has 0 amide bonds. The standard InChI is InChI=1S/C16H14Cl2O/c1-16(11-19,13-3-2-4-15(18)9-13)10-12-5-7-14(17)8-6-12/h2-9,11H,10H2,1H3. The number of carbonyl (C=O) groups is 1. The van der Waals surface area contributed by atoms with Crippen LogP contribution < -0.4 is 0 Å². The van der Waals surface area contributed by atoms with Crippen molar-refractivity contribution in [2.45, 2.75) is 18.8 Å². The molecule has 0 aliphatic rings. The lowest BCUT2D eigenvalue weighted by atomic mass is 9.79. The molecule has 1 atom stereocenters. The Morgan fingerprint density at radius 3 is 2.32 bits per heavy atom. The second-order valence-corrected chi connectivity index (χ2v) is 5.72. The van der Waals surface area contributed by atoms with Crippen LogP contribution in [0.25, 0.3) is 0 Å². The van der Waals surface area contributed by atoms with E-state index < -0.39 is 5.41 Å². The first-order valence-corrected chi connectivity index (χ1v) is 6.76. The molecule has 19 heavy (non-hydrogen) atoms. The normalized spacial score (nSPS) is 13.8. The molecule has 1 nitrogen and oxygen atoms in total. The van der Waals surface area contributed by atoms with Crippen molar-refractivity contribution in [2.75, 3.05) is 0 Å². The maximum atomic E-state index is 11.5. The minimum atomic E-state index is -0.585. The Labute approximate surface area is 123 Å². The first-order valence-electron chi connectivity index (χ1n) is 6.00. The van der Waals surface area contributed by atoms with Crippen LogP contribution in [0.4, 0.5) is 0 Å². The van der Waals surface area contributed by atoms with Crippen molar-refractivity contribution < 1.29 is 4.79 Å². The fraction of sp³-hybridized carbons (Fsp3) is 0.188. The molecular formula is C16H14Cl2O. The van der Waals surface area contributed by atoms with Gasteiger partial charge in [-0.3, -0.25) is 0 Å². The van der Waals surface area contributed by atoms with Gasteiger partial charge in [0.2, 0.25) is 0 Å². The van der Waals surface area contributed by atoms with E-state index in [-0.39, 0.29) is 0 Å². The van der Waals surface area contributed by atoms with Crippen LogP contribution in [0, 0.1) is 0 Å². The maximum absolute atomic E-state index is 11.5. The number of aldehydes is 1. The fourth-order valence-corrected chi connectivity index (χ4v) is 2.40. The number of hydrogen-bond acceptors (Lipinski definition) is 1. The highest BCUT2D eigenvalue weighted by Gasteiger charge is 2.26. The first kappa shape index (κ1) is 14.1. The van der Waals surface area contributed by atoms with Crippen LogP contribution in [-0.4, -0.2) is 6.29 Å². The molecule has 0 fully saturated rings.